The molecule has 6 heteroatoms. The number of hydrogen-bond acceptors (Lipinski definition) is 6. The van der Waals surface area contributed by atoms with Crippen LogP contribution in [0.25, 0.3) is 11.6 Å². The lowest BCUT2D eigenvalue weighted by molar-refractivity contribution is 0.171. The summed E-state index contributed by atoms with van der Waals surface area (Å²) in [6.45, 7) is 2.84. The molecule has 1 saturated heterocycles. The van der Waals surface area contributed by atoms with E-state index in [1.807, 2.05) is 12.1 Å². The van der Waals surface area contributed by atoms with Crippen LogP contribution in [0, 0.1) is 0 Å². The van der Waals surface area contributed by atoms with Crippen molar-refractivity contribution in [2.45, 2.75) is 25.4 Å². The number of aromatic nitrogens is 2. The largest absolute Gasteiger partial charge is 0.461 e. The van der Waals surface area contributed by atoms with Gasteiger partial charge in [-0.1, -0.05) is 5.16 Å². The Hall–Kier alpha value is -1.66. The average Bonchev–Trinajstić information content (AvgIpc) is 3.10. The summed E-state index contributed by atoms with van der Waals surface area (Å²) in [4.78, 5) is 6.64. The van der Waals surface area contributed by atoms with E-state index in [-0.39, 0.29) is 0 Å². The zero-order valence-corrected chi connectivity index (χ0v) is 11.0. The van der Waals surface area contributed by atoms with Gasteiger partial charge in [-0.2, -0.15) is 4.98 Å². The first-order valence-electron chi connectivity index (χ1n) is 6.60. The van der Waals surface area contributed by atoms with E-state index in [1.54, 1.807) is 6.26 Å². The second-order valence-corrected chi connectivity index (χ2v) is 4.89. The summed E-state index contributed by atoms with van der Waals surface area (Å²) < 4.78 is 10.5. The Labute approximate surface area is 111 Å². The molecule has 19 heavy (non-hydrogen) atoms. The van der Waals surface area contributed by atoms with Crippen molar-refractivity contribution in [1.29, 1.82) is 0 Å². The molecule has 1 aliphatic rings. The number of furan rings is 1. The van der Waals surface area contributed by atoms with E-state index in [0.29, 0.717) is 30.1 Å². The first kappa shape index (κ1) is 12.4. The summed E-state index contributed by atoms with van der Waals surface area (Å²) in [7, 11) is 2.10. The van der Waals surface area contributed by atoms with Crippen LogP contribution in [-0.2, 0) is 6.54 Å². The Morgan fingerprint density at radius 1 is 1.42 bits per heavy atom. The van der Waals surface area contributed by atoms with E-state index in [0.717, 1.165) is 25.9 Å². The van der Waals surface area contributed by atoms with Crippen molar-refractivity contribution in [2.24, 2.45) is 0 Å². The molecule has 2 aromatic rings. The van der Waals surface area contributed by atoms with Crippen LogP contribution in [0.15, 0.2) is 27.3 Å². The van der Waals surface area contributed by atoms with E-state index in [9.17, 15) is 0 Å². The van der Waals surface area contributed by atoms with Crippen molar-refractivity contribution in [1.82, 2.24) is 20.4 Å². The minimum Gasteiger partial charge on any atom is -0.461 e. The SMILES string of the molecule is CN(Cc1nc(-c2ccco2)no1)C1CCNCC1. The normalized spacial score (nSPS) is 17.2. The van der Waals surface area contributed by atoms with Crippen LogP contribution in [0.3, 0.4) is 0 Å². The van der Waals surface area contributed by atoms with Gasteiger partial charge in [0.05, 0.1) is 12.8 Å². The number of hydrogen-bond donors (Lipinski definition) is 1. The highest BCUT2D eigenvalue weighted by Gasteiger charge is 2.20. The van der Waals surface area contributed by atoms with Gasteiger partial charge in [0.1, 0.15) is 0 Å². The van der Waals surface area contributed by atoms with E-state index in [1.165, 1.54) is 0 Å². The van der Waals surface area contributed by atoms with Crippen molar-refractivity contribution < 1.29 is 8.94 Å². The van der Waals surface area contributed by atoms with Crippen molar-refractivity contribution >= 4 is 0 Å². The molecule has 3 rings (SSSR count). The summed E-state index contributed by atoms with van der Waals surface area (Å²) in [5.41, 5.74) is 0. The molecule has 0 spiro atoms. The molecule has 0 radical (unpaired) electrons. The molecule has 0 aliphatic carbocycles. The molecule has 102 valence electrons. The van der Waals surface area contributed by atoms with Crippen LogP contribution in [-0.4, -0.2) is 41.2 Å². The third kappa shape index (κ3) is 2.85. The Morgan fingerprint density at radius 2 is 2.26 bits per heavy atom. The van der Waals surface area contributed by atoms with Gasteiger partial charge >= 0.3 is 0 Å². The van der Waals surface area contributed by atoms with Crippen LogP contribution >= 0.6 is 0 Å². The van der Waals surface area contributed by atoms with E-state index < -0.39 is 0 Å². The maximum atomic E-state index is 5.27. The third-order valence-corrected chi connectivity index (χ3v) is 3.53. The fourth-order valence-electron chi connectivity index (χ4n) is 2.41. The standard InChI is InChI=1S/C13H18N4O2/c1-17(10-4-6-14-7-5-10)9-12-15-13(16-19-12)11-3-2-8-18-11/h2-3,8,10,14H,4-7,9H2,1H3. The van der Waals surface area contributed by atoms with Crippen molar-refractivity contribution in [2.75, 3.05) is 20.1 Å². The molecule has 1 N–H and O–H groups in total. The van der Waals surface area contributed by atoms with Gasteiger partial charge < -0.3 is 14.3 Å². The Kier molecular flexibility index (Phi) is 3.61. The molecule has 6 nitrogen and oxygen atoms in total. The number of nitrogens with one attached hydrogen (secondary N) is 1. The Bertz CT molecular complexity index is 502. The summed E-state index contributed by atoms with van der Waals surface area (Å²) in [6, 6.07) is 4.22. The highest BCUT2D eigenvalue weighted by molar-refractivity contribution is 5.44. The zero-order valence-electron chi connectivity index (χ0n) is 11.0. The van der Waals surface area contributed by atoms with Crippen molar-refractivity contribution in [3.8, 4) is 11.6 Å². The zero-order chi connectivity index (χ0) is 13.1. The van der Waals surface area contributed by atoms with E-state index in [4.69, 9.17) is 8.94 Å². The molecule has 0 unspecified atom stereocenters. The maximum Gasteiger partial charge on any atom is 0.241 e. The van der Waals surface area contributed by atoms with Gasteiger partial charge in [-0.05, 0) is 45.1 Å². The topological polar surface area (TPSA) is 67.3 Å². The smallest absolute Gasteiger partial charge is 0.241 e. The molecule has 0 atom stereocenters. The molecule has 3 heterocycles. The molecule has 0 saturated carbocycles. The number of piperidine rings is 1. The molecule has 0 amide bonds. The van der Waals surface area contributed by atoms with Gasteiger partial charge in [-0.3, -0.25) is 4.90 Å². The summed E-state index contributed by atoms with van der Waals surface area (Å²) >= 11 is 0. The first-order valence-corrected chi connectivity index (χ1v) is 6.60. The van der Waals surface area contributed by atoms with Crippen LogP contribution in [0.4, 0.5) is 0 Å². The summed E-state index contributed by atoms with van der Waals surface area (Å²) in [5.74, 6) is 1.78. The second kappa shape index (κ2) is 5.54. The van der Waals surface area contributed by atoms with E-state index >= 15 is 0 Å². The van der Waals surface area contributed by atoms with Gasteiger partial charge in [0.15, 0.2) is 5.76 Å². The molecule has 1 aliphatic heterocycles. The lowest BCUT2D eigenvalue weighted by Gasteiger charge is -2.30. The third-order valence-electron chi connectivity index (χ3n) is 3.53. The fraction of sp³-hybridized carbons (Fsp3) is 0.538. The first-order chi connectivity index (χ1) is 9.33. The minimum atomic E-state index is 0.513. The van der Waals surface area contributed by atoms with E-state index in [2.05, 4.69) is 27.4 Å². The summed E-state index contributed by atoms with van der Waals surface area (Å²) in [6.07, 6.45) is 3.93. The molecule has 1 fully saturated rings. The Morgan fingerprint density at radius 3 is 3.00 bits per heavy atom. The second-order valence-electron chi connectivity index (χ2n) is 4.89. The lowest BCUT2D eigenvalue weighted by atomic mass is 10.1. The van der Waals surface area contributed by atoms with Gasteiger partial charge in [0, 0.05) is 6.04 Å². The molecular weight excluding hydrogens is 244 g/mol. The van der Waals surface area contributed by atoms with Crippen LogP contribution < -0.4 is 5.32 Å². The van der Waals surface area contributed by atoms with Gasteiger partial charge in [0.2, 0.25) is 11.7 Å². The lowest BCUT2D eigenvalue weighted by Crippen LogP contribution is -2.40. The van der Waals surface area contributed by atoms with Gasteiger partial charge in [0.25, 0.3) is 0 Å². The van der Waals surface area contributed by atoms with Gasteiger partial charge in [-0.15, -0.1) is 0 Å². The molecule has 0 bridgehead atoms. The molecule has 0 aromatic carbocycles. The highest BCUT2D eigenvalue weighted by Crippen LogP contribution is 2.17. The van der Waals surface area contributed by atoms with Crippen molar-refractivity contribution in [3.05, 3.63) is 24.3 Å². The quantitative estimate of drug-likeness (QED) is 0.901. The van der Waals surface area contributed by atoms with Crippen LogP contribution in [0.1, 0.15) is 18.7 Å². The fourth-order valence-corrected chi connectivity index (χ4v) is 2.41. The highest BCUT2D eigenvalue weighted by atomic mass is 16.5. The van der Waals surface area contributed by atoms with Gasteiger partial charge in [-0.25, -0.2) is 0 Å². The maximum absolute atomic E-state index is 5.27. The molecule has 2 aromatic heterocycles. The minimum absolute atomic E-state index is 0.513. The molecular formula is C13H18N4O2. The predicted molar refractivity (Wildman–Crippen MR) is 69.4 cm³/mol. The summed E-state index contributed by atoms with van der Waals surface area (Å²) in [5, 5.41) is 7.30. The van der Waals surface area contributed by atoms with Crippen molar-refractivity contribution in [3.63, 3.8) is 0 Å². The monoisotopic (exact) mass is 262 g/mol. The van der Waals surface area contributed by atoms with Crippen LogP contribution in [0.2, 0.25) is 0 Å². The predicted octanol–water partition coefficient (Wildman–Crippen LogP) is 1.51. The van der Waals surface area contributed by atoms with Crippen LogP contribution in [0.5, 0.6) is 0 Å². The number of nitrogens with zero attached hydrogens (tertiary/aromatic N) is 3. The Balaban J connectivity index is 1.63. The number of rotatable bonds is 4. The average molecular weight is 262 g/mol.